The Bertz CT molecular complexity index is 2810. The second kappa shape index (κ2) is 11.9. The molecule has 0 aliphatic heterocycles. The van der Waals surface area contributed by atoms with Crippen LogP contribution in [0.3, 0.4) is 0 Å². The molecule has 0 spiro atoms. The van der Waals surface area contributed by atoms with E-state index in [0.717, 1.165) is 55.8 Å². The number of fused-ring (bicyclic) bond motifs is 6. The minimum absolute atomic E-state index is 0.868. The maximum atomic E-state index is 6.38. The van der Waals surface area contributed by atoms with Crippen LogP contribution in [0, 0.1) is 0 Å². The first-order chi connectivity index (χ1) is 25.3. The Labute approximate surface area is 295 Å². The summed E-state index contributed by atoms with van der Waals surface area (Å²) in [5.74, 6) is 0. The summed E-state index contributed by atoms with van der Waals surface area (Å²) >= 11 is 0. The average Bonchev–Trinajstić information content (AvgIpc) is 3.75. The quantitative estimate of drug-likeness (QED) is 0.178. The van der Waals surface area contributed by atoms with E-state index < -0.39 is 0 Å². The zero-order valence-corrected chi connectivity index (χ0v) is 27.8. The predicted molar refractivity (Wildman–Crippen MR) is 214 cm³/mol. The van der Waals surface area contributed by atoms with Crippen LogP contribution in [0.1, 0.15) is 0 Å². The normalized spacial score (nSPS) is 11.5. The van der Waals surface area contributed by atoms with Crippen molar-refractivity contribution in [3.05, 3.63) is 194 Å². The molecule has 0 unspecified atom stereocenters. The molecule has 0 aliphatic carbocycles. The first kappa shape index (κ1) is 29.1. The van der Waals surface area contributed by atoms with Gasteiger partial charge in [-0.1, -0.05) is 133 Å². The third-order valence-corrected chi connectivity index (χ3v) is 9.99. The van der Waals surface area contributed by atoms with E-state index in [9.17, 15) is 0 Å². The van der Waals surface area contributed by atoms with E-state index >= 15 is 0 Å². The molecule has 3 nitrogen and oxygen atoms in total. The smallest absolute Gasteiger partial charge is 0.137 e. The van der Waals surface area contributed by atoms with Gasteiger partial charge < -0.3 is 13.9 Å². The van der Waals surface area contributed by atoms with Crippen LogP contribution in [0.5, 0.6) is 0 Å². The van der Waals surface area contributed by atoms with Crippen molar-refractivity contribution in [2.24, 2.45) is 0 Å². The highest BCUT2D eigenvalue weighted by Crippen LogP contribution is 2.44. The lowest BCUT2D eigenvalue weighted by Crippen LogP contribution is -2.10. The number of furan rings is 1. The number of para-hydroxylation sites is 4. The monoisotopic (exact) mass is 652 g/mol. The average molecular weight is 653 g/mol. The zero-order chi connectivity index (χ0) is 33.7. The van der Waals surface area contributed by atoms with Gasteiger partial charge in [-0.3, -0.25) is 0 Å². The number of benzene rings is 8. The van der Waals surface area contributed by atoms with Gasteiger partial charge in [-0.2, -0.15) is 0 Å². The lowest BCUT2D eigenvalue weighted by atomic mass is 10.0. The van der Waals surface area contributed by atoms with Crippen molar-refractivity contribution in [2.75, 3.05) is 4.90 Å². The van der Waals surface area contributed by atoms with Crippen molar-refractivity contribution in [2.45, 2.75) is 0 Å². The van der Waals surface area contributed by atoms with E-state index in [-0.39, 0.29) is 0 Å². The van der Waals surface area contributed by atoms with Gasteiger partial charge in [0, 0.05) is 33.1 Å². The molecule has 3 heteroatoms. The molecule has 8 aromatic carbocycles. The molecule has 10 rings (SSSR count). The summed E-state index contributed by atoms with van der Waals surface area (Å²) in [6.07, 6.45) is 0. The maximum absolute atomic E-state index is 6.38. The second-order valence-electron chi connectivity index (χ2n) is 12.9. The first-order valence-electron chi connectivity index (χ1n) is 17.4. The van der Waals surface area contributed by atoms with Crippen LogP contribution in [0.25, 0.3) is 71.7 Å². The van der Waals surface area contributed by atoms with Gasteiger partial charge in [0.25, 0.3) is 0 Å². The molecular weight excluding hydrogens is 621 g/mol. The predicted octanol–water partition coefficient (Wildman–Crippen LogP) is 13.5. The molecule has 2 aromatic heterocycles. The molecule has 0 N–H and O–H groups in total. The van der Waals surface area contributed by atoms with Crippen molar-refractivity contribution in [3.8, 4) is 27.9 Å². The Hall–Kier alpha value is -6.84. The molecule has 240 valence electrons. The van der Waals surface area contributed by atoms with Crippen LogP contribution in [-0.4, -0.2) is 4.57 Å². The van der Waals surface area contributed by atoms with Crippen LogP contribution < -0.4 is 4.90 Å². The van der Waals surface area contributed by atoms with Crippen LogP contribution in [0.2, 0.25) is 0 Å². The van der Waals surface area contributed by atoms with Gasteiger partial charge in [-0.25, -0.2) is 0 Å². The molecule has 0 fully saturated rings. The van der Waals surface area contributed by atoms with Crippen LogP contribution in [-0.2, 0) is 0 Å². The summed E-state index contributed by atoms with van der Waals surface area (Å²) in [6.45, 7) is 0. The first-order valence-corrected chi connectivity index (χ1v) is 17.4. The van der Waals surface area contributed by atoms with Crippen LogP contribution in [0.15, 0.2) is 199 Å². The fourth-order valence-corrected chi connectivity index (χ4v) is 7.71. The molecule has 0 aliphatic rings. The van der Waals surface area contributed by atoms with Gasteiger partial charge in [0.2, 0.25) is 0 Å². The lowest BCUT2D eigenvalue weighted by Gasteiger charge is -2.27. The Morgan fingerprint density at radius 3 is 1.76 bits per heavy atom. The summed E-state index contributed by atoms with van der Waals surface area (Å²) in [5, 5.41) is 4.70. The molecule has 0 radical (unpaired) electrons. The Morgan fingerprint density at radius 2 is 0.980 bits per heavy atom. The van der Waals surface area contributed by atoms with Crippen molar-refractivity contribution in [1.82, 2.24) is 4.57 Å². The summed E-state index contributed by atoms with van der Waals surface area (Å²) in [7, 11) is 0. The molecule has 0 atom stereocenters. The number of nitrogens with zero attached hydrogens (tertiary/aromatic N) is 2. The summed E-state index contributed by atoms with van der Waals surface area (Å²) in [4.78, 5) is 2.37. The lowest BCUT2D eigenvalue weighted by molar-refractivity contribution is 0.669. The fraction of sp³-hybridized carbons (Fsp3) is 0. The van der Waals surface area contributed by atoms with Crippen LogP contribution >= 0.6 is 0 Å². The largest absolute Gasteiger partial charge is 0.456 e. The van der Waals surface area contributed by atoms with Crippen LogP contribution in [0.4, 0.5) is 17.1 Å². The summed E-state index contributed by atoms with van der Waals surface area (Å²) in [6, 6.07) is 69.1. The molecule has 51 heavy (non-hydrogen) atoms. The van der Waals surface area contributed by atoms with E-state index in [1.807, 2.05) is 12.1 Å². The van der Waals surface area contributed by atoms with Crippen molar-refractivity contribution >= 4 is 60.8 Å². The van der Waals surface area contributed by atoms with Gasteiger partial charge in [0.05, 0.1) is 27.8 Å². The number of hydrogen-bond acceptors (Lipinski definition) is 2. The van der Waals surface area contributed by atoms with E-state index in [2.05, 4.69) is 191 Å². The SMILES string of the molecule is c1ccc(-c2ccc(N(c3cccc(-c4ccccc4-n4c5ccccc5c5ccccc54)c3)c3cccc4oc5ccccc5c34)cc2)cc1. The van der Waals surface area contributed by atoms with E-state index in [4.69, 9.17) is 4.42 Å². The molecule has 0 saturated heterocycles. The highest BCUT2D eigenvalue weighted by atomic mass is 16.3. The summed E-state index contributed by atoms with van der Waals surface area (Å²) in [5.41, 5.74) is 13.2. The van der Waals surface area contributed by atoms with Gasteiger partial charge in [-0.05, 0) is 77.4 Å². The number of hydrogen-bond donors (Lipinski definition) is 0. The molecule has 0 saturated carbocycles. The Balaban J connectivity index is 1.18. The zero-order valence-electron chi connectivity index (χ0n) is 27.8. The van der Waals surface area contributed by atoms with Gasteiger partial charge in [0.1, 0.15) is 11.2 Å². The minimum atomic E-state index is 0.868. The number of aromatic nitrogens is 1. The maximum Gasteiger partial charge on any atom is 0.137 e. The van der Waals surface area contributed by atoms with Gasteiger partial charge in [0.15, 0.2) is 0 Å². The summed E-state index contributed by atoms with van der Waals surface area (Å²) < 4.78 is 8.79. The number of anilines is 3. The molecule has 0 amide bonds. The van der Waals surface area contributed by atoms with Crippen molar-refractivity contribution < 1.29 is 4.42 Å². The molecule has 0 bridgehead atoms. The minimum Gasteiger partial charge on any atom is -0.456 e. The van der Waals surface area contributed by atoms with Gasteiger partial charge >= 0.3 is 0 Å². The third kappa shape index (κ3) is 4.82. The Kier molecular flexibility index (Phi) is 6.81. The fourth-order valence-electron chi connectivity index (χ4n) is 7.71. The van der Waals surface area contributed by atoms with E-state index in [0.29, 0.717) is 0 Å². The van der Waals surface area contributed by atoms with Crippen molar-refractivity contribution in [1.29, 1.82) is 0 Å². The van der Waals surface area contributed by atoms with Gasteiger partial charge in [-0.15, -0.1) is 0 Å². The molecule has 10 aromatic rings. The highest BCUT2D eigenvalue weighted by Gasteiger charge is 2.21. The van der Waals surface area contributed by atoms with E-state index in [1.165, 1.54) is 32.9 Å². The topological polar surface area (TPSA) is 21.3 Å². The molecular formula is C48H32N2O. The van der Waals surface area contributed by atoms with Crippen molar-refractivity contribution in [3.63, 3.8) is 0 Å². The second-order valence-corrected chi connectivity index (χ2v) is 12.9. The molecule has 2 heterocycles. The Morgan fingerprint density at radius 1 is 0.392 bits per heavy atom. The third-order valence-electron chi connectivity index (χ3n) is 9.99. The highest BCUT2D eigenvalue weighted by molar-refractivity contribution is 6.13. The standard InChI is InChI=1S/C48H32N2O/c1-2-14-33(15-3-1)34-28-30-36(31-29-34)49(45-25-13-27-47-48(45)41-21-7-11-26-46(41)51-47)37-17-12-16-35(32-37)38-18-4-8-22-42(38)50-43-23-9-5-19-39(43)40-20-6-10-24-44(40)50/h1-32H. The number of rotatable bonds is 6. The van der Waals surface area contributed by atoms with E-state index in [1.54, 1.807) is 0 Å².